The minimum atomic E-state index is -0.372. The molecule has 1 fully saturated rings. The van der Waals surface area contributed by atoms with Crippen LogP contribution in [0, 0.1) is 5.92 Å². The van der Waals surface area contributed by atoms with Crippen LogP contribution in [0.5, 0.6) is 5.75 Å². The van der Waals surface area contributed by atoms with Gasteiger partial charge in [-0.15, -0.1) is 0 Å². The molecule has 0 radical (unpaired) electrons. The molecule has 3 nitrogen and oxygen atoms in total. The van der Waals surface area contributed by atoms with Crippen LogP contribution in [-0.4, -0.2) is 22.3 Å². The molecule has 0 saturated carbocycles. The van der Waals surface area contributed by atoms with Gasteiger partial charge >= 0.3 is 0 Å². The summed E-state index contributed by atoms with van der Waals surface area (Å²) in [6.45, 7) is 7.53. The maximum Gasteiger partial charge on any atom is 0.186 e. The molecule has 3 atom stereocenters. The Balaban J connectivity index is 2.03. The average molecular weight is 369 g/mol. The molecule has 5 heteroatoms. The maximum absolute atomic E-state index is 6.42. The molecule has 3 unspecified atom stereocenters. The van der Waals surface area contributed by atoms with Gasteiger partial charge in [-0.3, -0.25) is 0 Å². The van der Waals surface area contributed by atoms with Gasteiger partial charge in [-0.05, 0) is 43.8 Å². The Bertz CT molecular complexity index is 579. The van der Waals surface area contributed by atoms with Crippen molar-refractivity contribution in [2.24, 2.45) is 5.92 Å². The van der Waals surface area contributed by atoms with Gasteiger partial charge in [0.1, 0.15) is 5.75 Å². The van der Waals surface area contributed by atoms with Gasteiger partial charge in [0.2, 0.25) is 0 Å². The van der Waals surface area contributed by atoms with E-state index in [0.29, 0.717) is 5.92 Å². The van der Waals surface area contributed by atoms with Crippen molar-refractivity contribution in [3.63, 3.8) is 0 Å². The third kappa shape index (κ3) is 2.34. The average Bonchev–Trinajstić information content (AvgIpc) is 2.44. The van der Waals surface area contributed by atoms with Crippen LogP contribution in [0.3, 0.4) is 0 Å². The van der Waals surface area contributed by atoms with E-state index < -0.39 is 0 Å². The van der Waals surface area contributed by atoms with E-state index in [-0.39, 0.29) is 11.8 Å². The molecule has 3 rings (SSSR count). The van der Waals surface area contributed by atoms with Crippen LogP contribution >= 0.6 is 28.1 Å². The van der Waals surface area contributed by atoms with Crippen molar-refractivity contribution in [3.8, 4) is 5.75 Å². The van der Waals surface area contributed by atoms with Crippen molar-refractivity contribution in [2.75, 3.05) is 6.54 Å². The van der Waals surface area contributed by atoms with E-state index in [4.69, 9.17) is 17.0 Å². The van der Waals surface area contributed by atoms with E-state index in [1.807, 2.05) is 12.1 Å². The zero-order chi connectivity index (χ0) is 15.2. The molecule has 1 saturated heterocycles. The number of hydrogen-bond donors (Lipinski definition) is 1. The van der Waals surface area contributed by atoms with Gasteiger partial charge in [0.25, 0.3) is 0 Å². The second kappa shape index (κ2) is 5.43. The lowest BCUT2D eigenvalue weighted by Gasteiger charge is -2.56. The lowest BCUT2D eigenvalue weighted by atomic mass is 9.81. The molecule has 0 spiro atoms. The first-order chi connectivity index (χ1) is 9.97. The summed E-state index contributed by atoms with van der Waals surface area (Å²) in [6.07, 6.45) is 2.27. The number of nitrogens with zero attached hydrogens (tertiary/aromatic N) is 1. The van der Waals surface area contributed by atoms with Crippen molar-refractivity contribution in [2.45, 2.75) is 45.4 Å². The molecule has 2 aliphatic heterocycles. The van der Waals surface area contributed by atoms with Gasteiger partial charge in [-0.1, -0.05) is 36.2 Å². The zero-order valence-electron chi connectivity index (χ0n) is 12.6. The molecule has 1 N–H and O–H groups in total. The van der Waals surface area contributed by atoms with Crippen LogP contribution < -0.4 is 10.1 Å². The van der Waals surface area contributed by atoms with Crippen LogP contribution in [0.4, 0.5) is 0 Å². The Morgan fingerprint density at radius 3 is 2.95 bits per heavy atom. The number of rotatable bonds is 3. The summed E-state index contributed by atoms with van der Waals surface area (Å²) in [5.41, 5.74) is 0.815. The number of nitrogens with one attached hydrogen (secondary N) is 1. The van der Waals surface area contributed by atoms with Gasteiger partial charge in [0.05, 0.1) is 6.04 Å². The highest BCUT2D eigenvalue weighted by Gasteiger charge is 2.52. The van der Waals surface area contributed by atoms with Gasteiger partial charge < -0.3 is 15.0 Å². The number of fused-ring (bicyclic) bond motifs is 4. The van der Waals surface area contributed by atoms with Gasteiger partial charge in [-0.25, -0.2) is 0 Å². The zero-order valence-corrected chi connectivity index (χ0v) is 15.1. The fourth-order valence-electron chi connectivity index (χ4n) is 3.31. The lowest BCUT2D eigenvalue weighted by molar-refractivity contribution is -0.110. The SMILES string of the molecule is CCCCN1C(=S)NC2c3cc(Br)ccc3OC1(C)C2C. The maximum atomic E-state index is 6.42. The van der Waals surface area contributed by atoms with Gasteiger partial charge in [-0.2, -0.15) is 0 Å². The number of unbranched alkanes of at least 4 members (excludes halogenated alkanes) is 1. The second-order valence-electron chi connectivity index (χ2n) is 6.06. The van der Waals surface area contributed by atoms with Crippen molar-refractivity contribution in [1.82, 2.24) is 10.2 Å². The Morgan fingerprint density at radius 1 is 1.48 bits per heavy atom. The van der Waals surface area contributed by atoms with Crippen molar-refractivity contribution < 1.29 is 4.74 Å². The summed E-state index contributed by atoms with van der Waals surface area (Å²) in [4.78, 5) is 2.22. The first kappa shape index (κ1) is 15.1. The molecule has 2 aliphatic rings. The number of halogens is 1. The molecule has 2 heterocycles. The Kier molecular flexibility index (Phi) is 3.91. The smallest absolute Gasteiger partial charge is 0.186 e. The Labute approximate surface area is 140 Å². The topological polar surface area (TPSA) is 24.5 Å². The van der Waals surface area contributed by atoms with Crippen LogP contribution in [0.1, 0.15) is 45.2 Å². The molecular weight excluding hydrogens is 348 g/mol. The lowest BCUT2D eigenvalue weighted by Crippen LogP contribution is -2.69. The minimum absolute atomic E-state index is 0.210. The molecule has 2 bridgehead atoms. The summed E-state index contributed by atoms with van der Waals surface area (Å²) in [6, 6.07) is 6.42. The van der Waals surface area contributed by atoms with Gasteiger partial charge in [0, 0.05) is 22.5 Å². The van der Waals surface area contributed by atoms with Crippen molar-refractivity contribution in [1.29, 1.82) is 0 Å². The molecule has 0 aliphatic carbocycles. The van der Waals surface area contributed by atoms with E-state index in [0.717, 1.165) is 34.7 Å². The van der Waals surface area contributed by atoms with E-state index in [2.05, 4.69) is 53.0 Å². The summed E-state index contributed by atoms with van der Waals surface area (Å²) in [7, 11) is 0. The third-order valence-corrected chi connectivity index (χ3v) is 5.60. The van der Waals surface area contributed by atoms with Crippen LogP contribution in [0.15, 0.2) is 22.7 Å². The van der Waals surface area contributed by atoms with E-state index in [1.165, 1.54) is 5.56 Å². The summed E-state index contributed by atoms with van der Waals surface area (Å²) in [5.74, 6) is 1.28. The minimum Gasteiger partial charge on any atom is -0.467 e. The van der Waals surface area contributed by atoms with E-state index in [1.54, 1.807) is 0 Å². The molecule has 21 heavy (non-hydrogen) atoms. The predicted molar refractivity (Wildman–Crippen MR) is 92.4 cm³/mol. The Hall–Kier alpha value is -0.810. The third-order valence-electron chi connectivity index (χ3n) is 4.76. The van der Waals surface area contributed by atoms with Gasteiger partial charge in [0.15, 0.2) is 10.8 Å². The summed E-state index contributed by atoms with van der Waals surface area (Å²) in [5, 5.41) is 4.33. The van der Waals surface area contributed by atoms with Crippen molar-refractivity contribution in [3.05, 3.63) is 28.2 Å². The second-order valence-corrected chi connectivity index (χ2v) is 7.36. The molecular formula is C16H21BrN2OS. The quantitative estimate of drug-likeness (QED) is 0.807. The normalized spacial score (nSPS) is 30.5. The number of ether oxygens (including phenoxy) is 1. The van der Waals surface area contributed by atoms with E-state index in [9.17, 15) is 0 Å². The highest BCUT2D eigenvalue weighted by Crippen LogP contribution is 2.48. The Morgan fingerprint density at radius 2 is 2.24 bits per heavy atom. The number of thiocarbonyl (C=S) groups is 1. The molecule has 114 valence electrons. The first-order valence-corrected chi connectivity index (χ1v) is 8.74. The predicted octanol–water partition coefficient (Wildman–Crippen LogP) is 4.23. The summed E-state index contributed by atoms with van der Waals surface area (Å²) >= 11 is 9.15. The van der Waals surface area contributed by atoms with Crippen LogP contribution in [0.2, 0.25) is 0 Å². The van der Waals surface area contributed by atoms with Crippen LogP contribution in [-0.2, 0) is 0 Å². The van der Waals surface area contributed by atoms with E-state index >= 15 is 0 Å². The monoisotopic (exact) mass is 368 g/mol. The molecule has 1 aromatic rings. The highest BCUT2D eigenvalue weighted by atomic mass is 79.9. The largest absolute Gasteiger partial charge is 0.467 e. The summed E-state index contributed by atoms with van der Waals surface area (Å²) < 4.78 is 7.49. The molecule has 0 aromatic heterocycles. The fraction of sp³-hybridized carbons (Fsp3) is 0.562. The highest BCUT2D eigenvalue weighted by molar-refractivity contribution is 9.10. The number of benzene rings is 1. The molecule has 1 aromatic carbocycles. The van der Waals surface area contributed by atoms with Crippen LogP contribution in [0.25, 0.3) is 0 Å². The standard InChI is InChI=1S/C16H21BrN2OS/c1-4-5-8-19-15(21)18-14-10(2)16(19,3)20-13-7-6-11(17)9-12(13)14/h6-7,9-10,14H,4-5,8H2,1-3H3,(H,18,21). The first-order valence-electron chi connectivity index (χ1n) is 7.54. The molecule has 0 amide bonds. The fourth-order valence-corrected chi connectivity index (χ4v) is 4.08. The number of hydrogen-bond acceptors (Lipinski definition) is 2. The van der Waals surface area contributed by atoms with Crippen molar-refractivity contribution >= 4 is 33.3 Å².